The molecule has 1 aromatic carbocycles. The van der Waals surface area contributed by atoms with E-state index in [1.165, 1.54) is 23.1 Å². The number of anilines is 1. The number of aryl methyl sites for hydroxylation is 1. The summed E-state index contributed by atoms with van der Waals surface area (Å²) in [7, 11) is 1.54. The molecule has 0 radical (unpaired) electrons. The number of ether oxygens (including phenoxy) is 1. The Morgan fingerprint density at radius 1 is 1.19 bits per heavy atom. The lowest BCUT2D eigenvalue weighted by Gasteiger charge is -2.34. The molecule has 2 aromatic rings. The molecule has 1 unspecified atom stereocenters. The SMILES string of the molecule is CCC(C(=O)N(CC)CCOC)N(C(=O)c1ccc(Cl)cc1Cl)c1cc(C)sc1C(=O)O. The summed E-state index contributed by atoms with van der Waals surface area (Å²) in [6.07, 6.45) is 0.271. The molecule has 0 saturated heterocycles. The van der Waals surface area contributed by atoms with Gasteiger partial charge in [0.1, 0.15) is 10.9 Å². The molecule has 1 atom stereocenters. The van der Waals surface area contributed by atoms with Gasteiger partial charge in [0.05, 0.1) is 22.9 Å². The first-order valence-electron chi connectivity index (χ1n) is 10.1. The number of nitrogens with zero attached hydrogens (tertiary/aromatic N) is 2. The van der Waals surface area contributed by atoms with Crippen LogP contribution in [-0.2, 0) is 9.53 Å². The summed E-state index contributed by atoms with van der Waals surface area (Å²) in [5.74, 6) is -2.05. The highest BCUT2D eigenvalue weighted by Gasteiger charge is 2.36. The van der Waals surface area contributed by atoms with Crippen molar-refractivity contribution in [2.24, 2.45) is 0 Å². The van der Waals surface area contributed by atoms with Gasteiger partial charge in [-0.15, -0.1) is 11.3 Å². The molecule has 10 heteroatoms. The molecular weight excluding hydrogens is 475 g/mol. The summed E-state index contributed by atoms with van der Waals surface area (Å²) in [6.45, 7) is 6.45. The minimum absolute atomic E-state index is 0.0212. The number of thiophene rings is 1. The van der Waals surface area contributed by atoms with Crippen molar-refractivity contribution in [2.45, 2.75) is 33.2 Å². The Balaban J connectivity index is 2.65. The van der Waals surface area contributed by atoms with Crippen molar-refractivity contribution in [3.05, 3.63) is 49.6 Å². The van der Waals surface area contributed by atoms with Crippen LogP contribution < -0.4 is 4.90 Å². The van der Waals surface area contributed by atoms with E-state index in [0.29, 0.717) is 29.6 Å². The number of benzene rings is 1. The van der Waals surface area contributed by atoms with Gasteiger partial charge in [-0.25, -0.2) is 4.79 Å². The minimum Gasteiger partial charge on any atom is -0.477 e. The summed E-state index contributed by atoms with van der Waals surface area (Å²) in [4.78, 5) is 42.6. The Bertz CT molecular complexity index is 995. The summed E-state index contributed by atoms with van der Waals surface area (Å²) >= 11 is 13.3. The van der Waals surface area contributed by atoms with E-state index in [4.69, 9.17) is 27.9 Å². The third kappa shape index (κ3) is 5.81. The van der Waals surface area contributed by atoms with Gasteiger partial charge in [0.25, 0.3) is 5.91 Å². The Labute approximate surface area is 201 Å². The lowest BCUT2D eigenvalue weighted by atomic mass is 10.1. The number of hydrogen-bond acceptors (Lipinski definition) is 5. The molecule has 1 heterocycles. The number of halogens is 2. The van der Waals surface area contributed by atoms with Gasteiger partial charge in [-0.2, -0.15) is 0 Å². The van der Waals surface area contributed by atoms with Gasteiger partial charge in [-0.05, 0) is 44.5 Å². The fourth-order valence-corrected chi connectivity index (χ4v) is 4.68. The number of carboxylic acid groups (broad SMARTS) is 1. The molecule has 2 amide bonds. The number of hydrogen-bond donors (Lipinski definition) is 1. The highest BCUT2D eigenvalue weighted by Crippen LogP contribution is 2.35. The predicted octanol–water partition coefficient (Wildman–Crippen LogP) is 4.98. The lowest BCUT2D eigenvalue weighted by Crippen LogP contribution is -2.52. The first-order chi connectivity index (χ1) is 15.2. The quantitative estimate of drug-likeness (QED) is 0.496. The van der Waals surface area contributed by atoms with Crippen molar-refractivity contribution in [2.75, 3.05) is 31.7 Å². The number of rotatable bonds is 10. The number of carbonyl (C=O) groups excluding carboxylic acids is 2. The zero-order valence-electron chi connectivity index (χ0n) is 18.4. The predicted molar refractivity (Wildman–Crippen MR) is 127 cm³/mol. The van der Waals surface area contributed by atoms with Gasteiger partial charge in [-0.1, -0.05) is 30.1 Å². The van der Waals surface area contributed by atoms with E-state index in [1.54, 1.807) is 31.9 Å². The van der Waals surface area contributed by atoms with Crippen molar-refractivity contribution < 1.29 is 24.2 Å². The molecule has 2 rings (SSSR count). The maximum Gasteiger partial charge on any atom is 0.348 e. The minimum atomic E-state index is -1.17. The summed E-state index contributed by atoms with van der Waals surface area (Å²) in [5.41, 5.74) is 0.293. The van der Waals surface area contributed by atoms with Gasteiger partial charge in [0, 0.05) is 30.1 Å². The molecule has 0 saturated carbocycles. The van der Waals surface area contributed by atoms with Crippen LogP contribution in [-0.4, -0.2) is 60.6 Å². The van der Waals surface area contributed by atoms with E-state index >= 15 is 0 Å². The van der Waals surface area contributed by atoms with Gasteiger partial charge < -0.3 is 14.7 Å². The second-order valence-electron chi connectivity index (χ2n) is 7.01. The molecule has 1 N–H and O–H groups in total. The number of carboxylic acids is 1. The third-order valence-electron chi connectivity index (χ3n) is 4.91. The van der Waals surface area contributed by atoms with E-state index in [9.17, 15) is 19.5 Å². The van der Waals surface area contributed by atoms with Crippen molar-refractivity contribution in [1.82, 2.24) is 4.90 Å². The van der Waals surface area contributed by atoms with Gasteiger partial charge in [0.15, 0.2) is 0 Å². The Morgan fingerprint density at radius 2 is 1.88 bits per heavy atom. The van der Waals surface area contributed by atoms with E-state index in [0.717, 1.165) is 11.3 Å². The maximum atomic E-state index is 13.7. The van der Waals surface area contributed by atoms with Crippen LogP contribution in [0.25, 0.3) is 0 Å². The topological polar surface area (TPSA) is 87.2 Å². The number of aromatic carboxylic acids is 1. The van der Waals surface area contributed by atoms with E-state index < -0.39 is 17.9 Å². The Morgan fingerprint density at radius 3 is 2.41 bits per heavy atom. The number of methoxy groups -OCH3 is 1. The monoisotopic (exact) mass is 500 g/mol. The number of likely N-dealkylation sites (N-methyl/N-ethyl adjacent to an activating group) is 1. The molecule has 0 spiro atoms. The van der Waals surface area contributed by atoms with Crippen LogP contribution in [0.2, 0.25) is 10.0 Å². The van der Waals surface area contributed by atoms with Crippen molar-refractivity contribution in [1.29, 1.82) is 0 Å². The Kier molecular flexibility index (Phi) is 9.51. The normalized spacial score (nSPS) is 11.8. The average molecular weight is 501 g/mol. The number of carbonyl (C=O) groups is 3. The van der Waals surface area contributed by atoms with Gasteiger partial charge in [0.2, 0.25) is 5.91 Å². The van der Waals surface area contributed by atoms with E-state index in [1.807, 2.05) is 6.92 Å². The summed E-state index contributed by atoms with van der Waals surface area (Å²) in [6, 6.07) is 5.11. The van der Waals surface area contributed by atoms with Crippen LogP contribution in [0.15, 0.2) is 24.3 Å². The Hall–Kier alpha value is -2.13. The van der Waals surface area contributed by atoms with Gasteiger partial charge >= 0.3 is 5.97 Å². The molecular formula is C22H26Cl2N2O5S. The van der Waals surface area contributed by atoms with Crippen molar-refractivity contribution in [3.63, 3.8) is 0 Å². The largest absolute Gasteiger partial charge is 0.477 e. The van der Waals surface area contributed by atoms with Crippen LogP contribution in [0.4, 0.5) is 5.69 Å². The van der Waals surface area contributed by atoms with E-state index in [-0.39, 0.29) is 33.5 Å². The van der Waals surface area contributed by atoms with E-state index in [2.05, 4.69) is 0 Å². The second kappa shape index (κ2) is 11.7. The van der Waals surface area contributed by atoms with Crippen molar-refractivity contribution in [3.8, 4) is 0 Å². The zero-order valence-corrected chi connectivity index (χ0v) is 20.7. The molecule has 0 aliphatic heterocycles. The second-order valence-corrected chi connectivity index (χ2v) is 9.11. The zero-order chi connectivity index (χ0) is 24.0. The fourth-order valence-electron chi connectivity index (χ4n) is 3.35. The maximum absolute atomic E-state index is 13.7. The molecule has 7 nitrogen and oxygen atoms in total. The summed E-state index contributed by atoms with van der Waals surface area (Å²) < 4.78 is 5.10. The molecule has 0 fully saturated rings. The van der Waals surface area contributed by atoms with Crippen LogP contribution in [0.5, 0.6) is 0 Å². The first-order valence-corrected chi connectivity index (χ1v) is 11.6. The molecule has 32 heavy (non-hydrogen) atoms. The van der Waals surface area contributed by atoms with Crippen LogP contribution in [0.3, 0.4) is 0 Å². The third-order valence-corrected chi connectivity index (χ3v) is 6.49. The fraction of sp³-hybridized carbons (Fsp3) is 0.409. The van der Waals surface area contributed by atoms with Crippen LogP contribution >= 0.6 is 34.5 Å². The smallest absolute Gasteiger partial charge is 0.348 e. The average Bonchev–Trinajstić information content (AvgIpc) is 3.13. The number of amides is 2. The summed E-state index contributed by atoms with van der Waals surface area (Å²) in [5, 5.41) is 10.2. The van der Waals surface area contributed by atoms with Gasteiger partial charge in [-0.3, -0.25) is 14.5 Å². The molecule has 174 valence electrons. The standard InChI is InChI=1S/C22H26Cl2N2O5S/c1-5-17(21(28)25(6-2)9-10-31-4)26(18-11-13(3)32-19(18)22(29)30)20(27)15-8-7-14(23)12-16(15)24/h7-8,11-12,17H,5-6,9-10H2,1-4H3,(H,29,30). The molecule has 1 aromatic heterocycles. The highest BCUT2D eigenvalue weighted by molar-refractivity contribution is 7.14. The van der Waals surface area contributed by atoms with Crippen LogP contribution in [0, 0.1) is 6.92 Å². The van der Waals surface area contributed by atoms with Crippen LogP contribution in [0.1, 0.15) is 45.2 Å². The first kappa shape index (κ1) is 26.1. The highest BCUT2D eigenvalue weighted by atomic mass is 35.5. The molecule has 0 bridgehead atoms. The van der Waals surface area contributed by atoms with Crippen molar-refractivity contribution >= 4 is 58.0 Å². The molecule has 0 aliphatic rings. The lowest BCUT2D eigenvalue weighted by molar-refractivity contribution is -0.133. The molecule has 0 aliphatic carbocycles.